The fraction of sp³-hybridized carbons (Fsp3) is 0.526. The maximum Gasteiger partial charge on any atom is 0.223 e. The van der Waals surface area contributed by atoms with Gasteiger partial charge in [-0.25, -0.2) is 9.97 Å². The van der Waals surface area contributed by atoms with Crippen LogP contribution >= 0.6 is 22.7 Å². The first-order valence-electron chi connectivity index (χ1n) is 18.2. The Morgan fingerprint density at radius 1 is 0.769 bits per heavy atom. The number of hydrogen-bond donors (Lipinski definition) is 3. The number of hydrogen-bond acceptors (Lipinski definition) is 12. The van der Waals surface area contributed by atoms with Crippen molar-refractivity contribution in [3.05, 3.63) is 81.3 Å². The first-order chi connectivity index (χ1) is 24.9. The third kappa shape index (κ3) is 11.9. The van der Waals surface area contributed by atoms with Crippen LogP contribution in [0.15, 0.2) is 49.1 Å². The Morgan fingerprint density at radius 3 is 1.83 bits per heavy atom. The van der Waals surface area contributed by atoms with Crippen LogP contribution in [0.2, 0.25) is 0 Å². The molecule has 2 aliphatic rings. The van der Waals surface area contributed by atoms with Crippen molar-refractivity contribution in [2.45, 2.75) is 98.6 Å². The highest BCUT2D eigenvalue weighted by Gasteiger charge is 2.31. The number of nitrogens with one attached hydrogen (secondary N) is 3. The molecule has 0 unspecified atom stereocenters. The van der Waals surface area contributed by atoms with Gasteiger partial charge in [-0.15, -0.1) is 22.7 Å². The van der Waals surface area contributed by atoms with Crippen molar-refractivity contribution in [1.29, 1.82) is 0 Å². The van der Waals surface area contributed by atoms with E-state index in [4.69, 9.17) is 0 Å². The molecule has 6 heterocycles. The lowest BCUT2D eigenvalue weighted by atomic mass is 10.00. The molecule has 0 bridgehead atoms. The molecule has 0 spiro atoms. The molecular formula is C38H54N10O2S2. The Labute approximate surface area is 316 Å². The van der Waals surface area contributed by atoms with E-state index < -0.39 is 0 Å². The zero-order chi connectivity index (χ0) is 37.2. The van der Waals surface area contributed by atoms with Crippen molar-refractivity contribution in [2.24, 2.45) is 0 Å². The predicted molar refractivity (Wildman–Crippen MR) is 211 cm³/mol. The van der Waals surface area contributed by atoms with E-state index in [9.17, 15) is 9.59 Å². The van der Waals surface area contributed by atoms with Gasteiger partial charge in [0, 0.05) is 123 Å². The second-order valence-electron chi connectivity index (χ2n) is 14.0. The number of likely N-dealkylation sites (N-methyl/N-ethyl adjacent to an activating group) is 1. The van der Waals surface area contributed by atoms with Crippen LogP contribution in [0.25, 0.3) is 0 Å². The van der Waals surface area contributed by atoms with Crippen molar-refractivity contribution in [3.63, 3.8) is 0 Å². The molecule has 2 amide bonds. The summed E-state index contributed by atoms with van der Waals surface area (Å²) in [4.78, 5) is 49.5. The second-order valence-corrected chi connectivity index (χ2v) is 16.3. The SMILES string of the molecule is CC(=O)Nc1ncc(CN2C[C@@H](Cc3ccnc(C)c3)NC[C@@H]2C)s1.CCN1C[C@H](C)N(Cc2cnc(NC(C)=O)s2)C[C@H]1Cc1ccnc(C)c1. The number of carbonyl (C=O) groups is 2. The van der Waals surface area contributed by atoms with Gasteiger partial charge in [0.15, 0.2) is 10.3 Å². The fourth-order valence-corrected chi connectivity index (χ4v) is 8.69. The molecule has 4 atom stereocenters. The number of piperazine rings is 2. The molecule has 0 saturated carbocycles. The zero-order valence-corrected chi connectivity index (χ0v) is 33.2. The van der Waals surface area contributed by atoms with Crippen LogP contribution in [0.4, 0.5) is 10.3 Å². The van der Waals surface area contributed by atoms with E-state index in [1.54, 1.807) is 22.7 Å². The van der Waals surface area contributed by atoms with Crippen molar-refractivity contribution in [3.8, 4) is 0 Å². The number of aromatic nitrogens is 4. The summed E-state index contributed by atoms with van der Waals surface area (Å²) in [7, 11) is 0. The highest BCUT2D eigenvalue weighted by atomic mass is 32.1. The van der Waals surface area contributed by atoms with Crippen molar-refractivity contribution in [1.82, 2.24) is 40.0 Å². The van der Waals surface area contributed by atoms with Crippen molar-refractivity contribution < 1.29 is 9.59 Å². The minimum Gasteiger partial charge on any atom is -0.311 e. The molecule has 0 aliphatic carbocycles. The summed E-state index contributed by atoms with van der Waals surface area (Å²) in [6, 6.07) is 10.5. The summed E-state index contributed by atoms with van der Waals surface area (Å²) < 4.78 is 0. The van der Waals surface area contributed by atoms with Gasteiger partial charge in [0.1, 0.15) is 0 Å². The van der Waals surface area contributed by atoms with Crippen LogP contribution in [0, 0.1) is 13.8 Å². The number of amides is 2. The van der Waals surface area contributed by atoms with Gasteiger partial charge in [0.25, 0.3) is 0 Å². The second kappa shape index (κ2) is 18.9. The molecular weight excluding hydrogens is 693 g/mol. The summed E-state index contributed by atoms with van der Waals surface area (Å²) in [6.07, 6.45) is 9.59. The van der Waals surface area contributed by atoms with E-state index in [1.165, 1.54) is 34.7 Å². The summed E-state index contributed by atoms with van der Waals surface area (Å²) in [5.41, 5.74) is 4.82. The lowest BCUT2D eigenvalue weighted by Crippen LogP contribution is -2.57. The van der Waals surface area contributed by atoms with Gasteiger partial charge in [-0.2, -0.15) is 0 Å². The highest BCUT2D eigenvalue weighted by molar-refractivity contribution is 7.16. The molecule has 14 heteroatoms. The molecule has 12 nitrogen and oxygen atoms in total. The van der Waals surface area contributed by atoms with Crippen molar-refractivity contribution >= 4 is 44.8 Å². The van der Waals surface area contributed by atoms with E-state index in [2.05, 4.69) is 95.6 Å². The predicted octanol–water partition coefficient (Wildman–Crippen LogP) is 5.15. The van der Waals surface area contributed by atoms with E-state index in [0.717, 1.165) is 70.0 Å². The summed E-state index contributed by atoms with van der Waals surface area (Å²) >= 11 is 3.11. The Kier molecular flexibility index (Phi) is 14.4. The smallest absolute Gasteiger partial charge is 0.223 e. The molecule has 280 valence electrons. The van der Waals surface area contributed by atoms with Gasteiger partial charge >= 0.3 is 0 Å². The van der Waals surface area contributed by atoms with Gasteiger partial charge in [-0.3, -0.25) is 34.3 Å². The molecule has 2 saturated heterocycles. The Bertz CT molecular complexity index is 1760. The highest BCUT2D eigenvalue weighted by Crippen LogP contribution is 2.25. The molecule has 2 fully saturated rings. The minimum atomic E-state index is -0.0795. The van der Waals surface area contributed by atoms with Crippen LogP contribution in [0.1, 0.15) is 66.9 Å². The average molecular weight is 747 g/mol. The van der Waals surface area contributed by atoms with E-state index in [0.29, 0.717) is 34.4 Å². The van der Waals surface area contributed by atoms with Gasteiger partial charge in [0.05, 0.1) is 0 Å². The first kappa shape index (κ1) is 39.5. The van der Waals surface area contributed by atoms with Crippen molar-refractivity contribution in [2.75, 3.05) is 43.4 Å². The minimum absolute atomic E-state index is 0.0754. The fourth-order valence-electron chi connectivity index (χ4n) is 6.92. The van der Waals surface area contributed by atoms with E-state index in [1.807, 2.05) is 38.6 Å². The molecule has 4 aromatic rings. The Morgan fingerprint density at radius 2 is 1.31 bits per heavy atom. The van der Waals surface area contributed by atoms with Gasteiger partial charge < -0.3 is 16.0 Å². The number of pyridine rings is 2. The van der Waals surface area contributed by atoms with Crippen LogP contribution in [0.3, 0.4) is 0 Å². The van der Waals surface area contributed by atoms with Gasteiger partial charge in [-0.05, 0) is 82.5 Å². The topological polar surface area (TPSA) is 132 Å². The lowest BCUT2D eigenvalue weighted by Gasteiger charge is -2.45. The number of carbonyl (C=O) groups excluding carboxylic acids is 2. The largest absolute Gasteiger partial charge is 0.311 e. The Balaban J connectivity index is 0.000000202. The third-order valence-corrected chi connectivity index (χ3v) is 11.3. The summed E-state index contributed by atoms with van der Waals surface area (Å²) in [6.45, 7) is 20.8. The molecule has 4 aromatic heterocycles. The molecule has 6 rings (SSSR count). The standard InChI is InChI=1S/C20H29N5OS.C18H25N5OS/c1-5-24-11-15(3)25(13-19-10-22-20(27-19)23-16(4)26)12-18(24)9-17-6-7-21-14(2)8-17;1-12-6-15(4-5-19-12)7-16-10-23(13(2)8-20-16)11-17-9-21-18(25-17)22-14(3)24/h6-8,10,15,18H,5,9,11-13H2,1-4H3,(H,22,23,26);4-6,9,13,16,20H,7-8,10-11H2,1-3H3,(H,21,22,24)/t15-,18+;13-,16+/m00/s1. The zero-order valence-electron chi connectivity index (χ0n) is 31.6. The van der Waals surface area contributed by atoms with Crippen LogP contribution in [-0.4, -0.2) is 103 Å². The molecule has 0 radical (unpaired) electrons. The number of rotatable bonds is 11. The molecule has 52 heavy (non-hydrogen) atoms. The normalized spacial score (nSPS) is 21.3. The van der Waals surface area contributed by atoms with Crippen LogP contribution in [-0.2, 0) is 35.5 Å². The van der Waals surface area contributed by atoms with E-state index >= 15 is 0 Å². The van der Waals surface area contributed by atoms with E-state index in [-0.39, 0.29) is 11.8 Å². The molecule has 3 N–H and O–H groups in total. The monoisotopic (exact) mass is 746 g/mol. The maximum atomic E-state index is 11.2. The third-order valence-electron chi connectivity index (χ3n) is 9.54. The number of nitrogens with zero attached hydrogens (tertiary/aromatic N) is 7. The quantitative estimate of drug-likeness (QED) is 0.189. The average Bonchev–Trinajstić information content (AvgIpc) is 3.72. The first-order valence-corrected chi connectivity index (χ1v) is 19.8. The molecule has 0 aromatic carbocycles. The molecule has 2 aliphatic heterocycles. The summed E-state index contributed by atoms with van der Waals surface area (Å²) in [5, 5.41) is 10.5. The van der Waals surface area contributed by atoms with Crippen LogP contribution < -0.4 is 16.0 Å². The number of anilines is 2. The lowest BCUT2D eigenvalue weighted by molar-refractivity contribution is -0.115. The van der Waals surface area contributed by atoms with Gasteiger partial charge in [0.2, 0.25) is 11.8 Å². The maximum absolute atomic E-state index is 11.2. The number of aryl methyl sites for hydroxylation is 2. The summed E-state index contributed by atoms with van der Waals surface area (Å²) in [5.74, 6) is -0.155. The Hall–Kier alpha value is -3.66. The number of thiazole rings is 2. The van der Waals surface area contributed by atoms with Crippen LogP contribution in [0.5, 0.6) is 0 Å². The van der Waals surface area contributed by atoms with Gasteiger partial charge in [-0.1, -0.05) is 6.92 Å².